The van der Waals surface area contributed by atoms with Gasteiger partial charge in [0, 0.05) is 36.7 Å². The molecule has 0 radical (unpaired) electrons. The molecule has 0 saturated carbocycles. The fourth-order valence-corrected chi connectivity index (χ4v) is 3.33. The fraction of sp³-hybridized carbons (Fsp3) is 0.308. The third kappa shape index (κ3) is 6.30. The average molecular weight is 460 g/mol. The predicted octanol–water partition coefficient (Wildman–Crippen LogP) is 4.21. The van der Waals surface area contributed by atoms with Gasteiger partial charge in [0.15, 0.2) is 5.82 Å². The van der Waals surface area contributed by atoms with E-state index in [2.05, 4.69) is 31.5 Å². The molecule has 1 fully saturated rings. The summed E-state index contributed by atoms with van der Waals surface area (Å²) in [6.45, 7) is 5.40. The Morgan fingerprint density at radius 2 is 1.85 bits per heavy atom. The van der Waals surface area contributed by atoms with Crippen molar-refractivity contribution in [2.45, 2.75) is 32.8 Å². The first-order chi connectivity index (χ1) is 16.7. The molecule has 8 heteroatoms. The quantitative estimate of drug-likeness (QED) is 0.533. The number of aromatic nitrogens is 3. The highest BCUT2D eigenvalue weighted by atomic mass is 16.5. The van der Waals surface area contributed by atoms with Gasteiger partial charge in [0.25, 0.3) is 5.91 Å². The summed E-state index contributed by atoms with van der Waals surface area (Å²) in [4.78, 5) is 24.6. The first-order valence-corrected chi connectivity index (χ1v) is 11.3. The second-order valence-corrected chi connectivity index (χ2v) is 7.20. The van der Waals surface area contributed by atoms with Crippen LogP contribution in [0.2, 0.25) is 0 Å². The van der Waals surface area contributed by atoms with Gasteiger partial charge in [-0.05, 0) is 42.5 Å². The van der Waals surface area contributed by atoms with Gasteiger partial charge in [-0.15, -0.1) is 6.42 Å². The Balaban J connectivity index is 0.00000158. The maximum Gasteiger partial charge on any atom is 0.251 e. The van der Waals surface area contributed by atoms with Crippen molar-refractivity contribution >= 4 is 17.5 Å². The summed E-state index contributed by atoms with van der Waals surface area (Å²) in [6, 6.07) is 12.6. The van der Waals surface area contributed by atoms with E-state index in [9.17, 15) is 4.79 Å². The van der Waals surface area contributed by atoms with Crippen molar-refractivity contribution < 1.29 is 14.3 Å². The lowest BCUT2D eigenvalue weighted by Gasteiger charge is -2.24. The number of carbonyl (C=O) groups is 1. The average Bonchev–Trinajstić information content (AvgIpc) is 2.91. The number of hydrogen-bond acceptors (Lipinski definition) is 7. The minimum absolute atomic E-state index is 0.101. The highest BCUT2D eigenvalue weighted by Gasteiger charge is 2.17. The van der Waals surface area contributed by atoms with Crippen LogP contribution in [0.4, 0.5) is 11.6 Å². The van der Waals surface area contributed by atoms with Crippen molar-refractivity contribution in [2.24, 2.45) is 0 Å². The van der Waals surface area contributed by atoms with Crippen molar-refractivity contribution in [1.29, 1.82) is 0 Å². The number of ether oxygens (including phenoxy) is 2. The molecule has 8 nitrogen and oxygen atoms in total. The molecule has 34 heavy (non-hydrogen) atoms. The van der Waals surface area contributed by atoms with E-state index in [-0.39, 0.29) is 12.0 Å². The van der Waals surface area contributed by atoms with Crippen LogP contribution in [0.25, 0.3) is 11.4 Å². The minimum Gasteiger partial charge on any atom is -0.489 e. The van der Waals surface area contributed by atoms with Crippen LogP contribution in [0.3, 0.4) is 0 Å². The zero-order valence-electron chi connectivity index (χ0n) is 19.7. The van der Waals surface area contributed by atoms with E-state index >= 15 is 0 Å². The van der Waals surface area contributed by atoms with Gasteiger partial charge in [-0.25, -0.2) is 9.97 Å². The van der Waals surface area contributed by atoms with Crippen LogP contribution in [0.15, 0.2) is 48.8 Å². The second-order valence-electron chi connectivity index (χ2n) is 7.20. The van der Waals surface area contributed by atoms with E-state index in [0.29, 0.717) is 41.9 Å². The molecule has 0 spiro atoms. The van der Waals surface area contributed by atoms with Crippen molar-refractivity contribution in [3.63, 3.8) is 0 Å². The van der Waals surface area contributed by atoms with Crippen molar-refractivity contribution in [1.82, 2.24) is 20.3 Å². The summed E-state index contributed by atoms with van der Waals surface area (Å²) in [5.74, 6) is 4.09. The van der Waals surface area contributed by atoms with Crippen LogP contribution < -0.4 is 15.4 Å². The molecular formula is C26H29N5O3. The van der Waals surface area contributed by atoms with Gasteiger partial charge < -0.3 is 20.1 Å². The molecule has 4 rings (SSSR count). The Hall–Kier alpha value is -3.96. The van der Waals surface area contributed by atoms with Crippen LogP contribution in [-0.2, 0) is 4.74 Å². The number of amides is 1. The Kier molecular flexibility index (Phi) is 8.95. The summed E-state index contributed by atoms with van der Waals surface area (Å²) in [7, 11) is 1.59. The Morgan fingerprint density at radius 1 is 1.12 bits per heavy atom. The van der Waals surface area contributed by atoms with Gasteiger partial charge in [0.05, 0.1) is 18.8 Å². The zero-order valence-corrected chi connectivity index (χ0v) is 19.7. The third-order valence-electron chi connectivity index (χ3n) is 5.06. The number of terminal acetylenes is 1. The standard InChI is InChI=1S/C24H23N5O3.C2H6/c1-3-16-14-18(6-9-21(16)32-20-10-12-31-13-11-20)22-26-15-27-24(29-22)28-19-7-4-17(5-8-19)23(30)25-2;1-2/h1,4-9,14-15,20H,10-13H2,2H3,(H,25,30)(H,26,27,28,29);1-2H3. The van der Waals surface area contributed by atoms with E-state index in [0.717, 1.165) is 24.1 Å². The smallest absolute Gasteiger partial charge is 0.251 e. The molecule has 0 bridgehead atoms. The molecule has 1 amide bonds. The van der Waals surface area contributed by atoms with Gasteiger partial charge in [-0.1, -0.05) is 19.8 Å². The molecule has 1 saturated heterocycles. The summed E-state index contributed by atoms with van der Waals surface area (Å²) >= 11 is 0. The lowest BCUT2D eigenvalue weighted by molar-refractivity contribution is 0.0254. The highest BCUT2D eigenvalue weighted by Crippen LogP contribution is 2.27. The number of carbonyl (C=O) groups excluding carboxylic acids is 1. The first kappa shape index (κ1) is 24.7. The molecule has 176 valence electrons. The molecule has 2 N–H and O–H groups in total. The molecule has 0 unspecified atom stereocenters. The number of anilines is 2. The van der Waals surface area contributed by atoms with Crippen molar-refractivity contribution in [3.05, 3.63) is 59.9 Å². The molecule has 0 atom stereocenters. The third-order valence-corrected chi connectivity index (χ3v) is 5.06. The second kappa shape index (κ2) is 12.3. The zero-order chi connectivity index (χ0) is 24.3. The number of nitrogens with zero attached hydrogens (tertiary/aromatic N) is 3. The number of rotatable bonds is 6. The molecule has 1 aliphatic heterocycles. The Bertz CT molecular complexity index is 1140. The predicted molar refractivity (Wildman–Crippen MR) is 132 cm³/mol. The Labute approximate surface area is 200 Å². The lowest BCUT2D eigenvalue weighted by atomic mass is 10.1. The van der Waals surface area contributed by atoms with E-state index in [1.165, 1.54) is 6.33 Å². The topological polar surface area (TPSA) is 98.3 Å². The number of hydrogen-bond donors (Lipinski definition) is 2. The molecule has 0 aliphatic carbocycles. The lowest BCUT2D eigenvalue weighted by Crippen LogP contribution is -2.26. The number of nitrogens with one attached hydrogen (secondary N) is 2. The van der Waals surface area contributed by atoms with Crippen LogP contribution >= 0.6 is 0 Å². The maximum atomic E-state index is 11.7. The summed E-state index contributed by atoms with van der Waals surface area (Å²) in [6.07, 6.45) is 8.96. The maximum absolute atomic E-state index is 11.7. The van der Waals surface area contributed by atoms with Crippen molar-refractivity contribution in [2.75, 3.05) is 25.6 Å². The highest BCUT2D eigenvalue weighted by molar-refractivity contribution is 5.94. The van der Waals surface area contributed by atoms with E-state index in [1.54, 1.807) is 31.3 Å². The van der Waals surface area contributed by atoms with Crippen LogP contribution in [0, 0.1) is 12.3 Å². The van der Waals surface area contributed by atoms with Gasteiger partial charge in [0.2, 0.25) is 5.95 Å². The molecule has 1 aliphatic rings. The fourth-order valence-electron chi connectivity index (χ4n) is 3.33. The van der Waals surface area contributed by atoms with Gasteiger partial charge in [-0.3, -0.25) is 4.79 Å². The first-order valence-electron chi connectivity index (χ1n) is 11.3. The normalized spacial score (nSPS) is 13.1. The molecule has 1 aromatic heterocycles. The monoisotopic (exact) mass is 459 g/mol. The van der Waals surface area contributed by atoms with E-state index in [4.69, 9.17) is 15.9 Å². The SMILES string of the molecule is C#Cc1cc(-c2ncnc(Nc3ccc(C(=O)NC)cc3)n2)ccc1OC1CCOCC1.CC. The van der Waals surface area contributed by atoms with Crippen LogP contribution in [0.5, 0.6) is 5.75 Å². The van der Waals surface area contributed by atoms with Crippen LogP contribution in [0.1, 0.15) is 42.6 Å². The number of benzene rings is 2. The Morgan fingerprint density at radius 3 is 2.53 bits per heavy atom. The summed E-state index contributed by atoms with van der Waals surface area (Å²) in [5, 5.41) is 5.71. The van der Waals surface area contributed by atoms with Crippen LogP contribution in [-0.4, -0.2) is 47.2 Å². The molecular weight excluding hydrogens is 430 g/mol. The van der Waals surface area contributed by atoms with E-state index in [1.807, 2.05) is 32.0 Å². The summed E-state index contributed by atoms with van der Waals surface area (Å²) in [5.41, 5.74) is 2.73. The van der Waals surface area contributed by atoms with E-state index < -0.39 is 0 Å². The largest absolute Gasteiger partial charge is 0.489 e. The minimum atomic E-state index is -0.146. The van der Waals surface area contributed by atoms with Crippen molar-refractivity contribution in [3.8, 4) is 29.5 Å². The van der Waals surface area contributed by atoms with Gasteiger partial charge >= 0.3 is 0 Å². The molecule has 2 heterocycles. The summed E-state index contributed by atoms with van der Waals surface area (Å²) < 4.78 is 11.5. The van der Waals surface area contributed by atoms with Gasteiger partial charge in [0.1, 0.15) is 18.2 Å². The molecule has 2 aromatic carbocycles. The van der Waals surface area contributed by atoms with Gasteiger partial charge in [-0.2, -0.15) is 4.98 Å². The molecule has 3 aromatic rings.